The second kappa shape index (κ2) is 9.58. The molecule has 190 valence electrons. The summed E-state index contributed by atoms with van der Waals surface area (Å²) >= 11 is 12.7. The molecule has 6 rings (SSSR count). The molecule has 0 saturated carbocycles. The van der Waals surface area contributed by atoms with Crippen molar-refractivity contribution >= 4 is 34.8 Å². The second-order valence-corrected chi connectivity index (χ2v) is 11.0. The van der Waals surface area contributed by atoms with Gasteiger partial charge in [-0.2, -0.15) is 0 Å². The molecule has 2 aliphatic rings. The van der Waals surface area contributed by atoms with Gasteiger partial charge in [0.25, 0.3) is 0 Å². The van der Waals surface area contributed by atoms with Crippen molar-refractivity contribution in [1.29, 1.82) is 0 Å². The number of rotatable bonds is 5. The minimum absolute atomic E-state index is 0.208. The molecule has 0 amide bonds. The van der Waals surface area contributed by atoms with Gasteiger partial charge in [-0.05, 0) is 56.2 Å². The number of ether oxygens (including phenoxy) is 1. The number of methoxy groups -OCH3 is 1. The first kappa shape index (κ1) is 24.1. The summed E-state index contributed by atoms with van der Waals surface area (Å²) in [5.41, 5.74) is 5.82. The highest BCUT2D eigenvalue weighted by Crippen LogP contribution is 2.48. The standard InChI is InChI=1S/C29H28Cl2N4O2/c1-19-12-23(8-10-32-19)35-17-29(18-35)9-5-11-34(16-29)28-26(24-6-3-4-7-25(24)36-2)27(33-37-28)20-13-21(30)15-22(31)14-20/h3-4,6-8,10,12-15H,5,9,11,16-18H2,1-2H3. The van der Waals surface area contributed by atoms with E-state index in [-0.39, 0.29) is 5.41 Å². The molecule has 0 bridgehead atoms. The summed E-state index contributed by atoms with van der Waals surface area (Å²) < 4.78 is 11.9. The van der Waals surface area contributed by atoms with E-state index in [1.165, 1.54) is 12.1 Å². The summed E-state index contributed by atoms with van der Waals surface area (Å²) in [6, 6.07) is 17.7. The molecule has 2 saturated heterocycles. The molecule has 0 aliphatic carbocycles. The number of halogens is 2. The van der Waals surface area contributed by atoms with Gasteiger partial charge in [-0.25, -0.2) is 0 Å². The van der Waals surface area contributed by atoms with Crippen LogP contribution in [0.3, 0.4) is 0 Å². The van der Waals surface area contributed by atoms with Crippen molar-refractivity contribution in [3.8, 4) is 28.1 Å². The van der Waals surface area contributed by atoms with E-state index < -0.39 is 0 Å². The normalized spacial score (nSPS) is 16.6. The molecule has 2 aliphatic heterocycles. The Kier molecular flexibility index (Phi) is 6.25. The molecule has 0 radical (unpaired) electrons. The fraction of sp³-hybridized carbons (Fsp3) is 0.310. The maximum atomic E-state index is 6.36. The number of hydrogen-bond acceptors (Lipinski definition) is 6. The van der Waals surface area contributed by atoms with Crippen LogP contribution in [-0.2, 0) is 0 Å². The number of aromatic nitrogens is 2. The minimum atomic E-state index is 0.208. The molecule has 8 heteroatoms. The van der Waals surface area contributed by atoms with E-state index in [9.17, 15) is 0 Å². The van der Waals surface area contributed by atoms with E-state index in [1.807, 2.05) is 49.5 Å². The fourth-order valence-electron chi connectivity index (χ4n) is 5.79. The van der Waals surface area contributed by atoms with Crippen LogP contribution in [0.1, 0.15) is 18.5 Å². The Hall–Kier alpha value is -3.22. The van der Waals surface area contributed by atoms with Gasteiger partial charge >= 0.3 is 0 Å². The van der Waals surface area contributed by atoms with Crippen LogP contribution in [0.5, 0.6) is 5.75 Å². The van der Waals surface area contributed by atoms with Gasteiger partial charge in [-0.1, -0.05) is 46.6 Å². The van der Waals surface area contributed by atoms with Crippen LogP contribution in [0, 0.1) is 12.3 Å². The van der Waals surface area contributed by atoms with Crippen molar-refractivity contribution < 1.29 is 9.26 Å². The van der Waals surface area contributed by atoms with E-state index >= 15 is 0 Å². The van der Waals surface area contributed by atoms with Crippen LogP contribution >= 0.6 is 23.2 Å². The number of hydrogen-bond donors (Lipinski definition) is 0. The van der Waals surface area contributed by atoms with Crippen molar-refractivity contribution in [1.82, 2.24) is 10.1 Å². The first-order valence-corrected chi connectivity index (χ1v) is 13.2. The van der Waals surface area contributed by atoms with E-state index in [4.69, 9.17) is 32.5 Å². The van der Waals surface area contributed by atoms with Crippen molar-refractivity contribution in [2.75, 3.05) is 43.1 Å². The Balaban J connectivity index is 1.37. The lowest BCUT2D eigenvalue weighted by Crippen LogP contribution is -2.63. The molecule has 0 unspecified atom stereocenters. The van der Waals surface area contributed by atoms with Gasteiger partial charge < -0.3 is 19.1 Å². The predicted molar refractivity (Wildman–Crippen MR) is 149 cm³/mol. The van der Waals surface area contributed by atoms with Gasteiger partial charge in [-0.15, -0.1) is 0 Å². The van der Waals surface area contributed by atoms with E-state index in [0.717, 1.165) is 66.6 Å². The summed E-state index contributed by atoms with van der Waals surface area (Å²) in [7, 11) is 1.68. The Morgan fingerprint density at radius 3 is 2.49 bits per heavy atom. The van der Waals surface area contributed by atoms with E-state index in [0.29, 0.717) is 15.7 Å². The second-order valence-electron chi connectivity index (χ2n) is 10.1. The first-order valence-electron chi connectivity index (χ1n) is 12.5. The van der Waals surface area contributed by atoms with Gasteiger partial charge in [0.05, 0.1) is 12.7 Å². The number of benzene rings is 2. The molecule has 1 spiro atoms. The number of pyridine rings is 1. The van der Waals surface area contributed by atoms with Crippen molar-refractivity contribution in [2.45, 2.75) is 19.8 Å². The van der Waals surface area contributed by atoms with Gasteiger partial charge in [0.2, 0.25) is 5.88 Å². The van der Waals surface area contributed by atoms with Gasteiger partial charge in [0.15, 0.2) is 0 Å². The summed E-state index contributed by atoms with van der Waals surface area (Å²) in [4.78, 5) is 9.14. The van der Waals surface area contributed by atoms with Crippen LogP contribution < -0.4 is 14.5 Å². The lowest BCUT2D eigenvalue weighted by molar-refractivity contribution is 0.170. The maximum Gasteiger partial charge on any atom is 0.235 e. The number of piperidine rings is 1. The molecule has 4 heterocycles. The average molecular weight is 535 g/mol. The lowest BCUT2D eigenvalue weighted by atomic mass is 9.73. The van der Waals surface area contributed by atoms with Crippen molar-refractivity contribution in [3.63, 3.8) is 0 Å². The molecule has 2 aromatic heterocycles. The topological polar surface area (TPSA) is 54.6 Å². The number of nitrogens with zero attached hydrogens (tertiary/aromatic N) is 4. The summed E-state index contributed by atoms with van der Waals surface area (Å²) in [6.07, 6.45) is 4.17. The van der Waals surface area contributed by atoms with Gasteiger partial charge in [-0.3, -0.25) is 4.98 Å². The fourth-order valence-corrected chi connectivity index (χ4v) is 6.32. The average Bonchev–Trinajstić information content (AvgIpc) is 3.32. The third-order valence-electron chi connectivity index (χ3n) is 7.43. The Morgan fingerprint density at radius 2 is 1.73 bits per heavy atom. The minimum Gasteiger partial charge on any atom is -0.496 e. The van der Waals surface area contributed by atoms with E-state index in [2.05, 4.69) is 32.1 Å². The third kappa shape index (κ3) is 4.53. The lowest BCUT2D eigenvalue weighted by Gasteiger charge is -2.55. The van der Waals surface area contributed by atoms with Crippen LogP contribution in [0.4, 0.5) is 11.6 Å². The molecular weight excluding hydrogens is 507 g/mol. The zero-order valence-electron chi connectivity index (χ0n) is 20.9. The Morgan fingerprint density at radius 1 is 0.973 bits per heavy atom. The zero-order chi connectivity index (χ0) is 25.6. The van der Waals surface area contributed by atoms with E-state index in [1.54, 1.807) is 13.2 Å². The molecule has 2 aromatic carbocycles. The molecule has 4 aromatic rings. The molecule has 2 fully saturated rings. The van der Waals surface area contributed by atoms with Crippen LogP contribution in [0.25, 0.3) is 22.4 Å². The van der Waals surface area contributed by atoms with Crippen LogP contribution in [-0.4, -0.2) is 43.4 Å². The quantitative estimate of drug-likeness (QED) is 0.271. The van der Waals surface area contributed by atoms with Gasteiger partial charge in [0.1, 0.15) is 11.4 Å². The monoisotopic (exact) mass is 534 g/mol. The number of para-hydroxylation sites is 1. The summed E-state index contributed by atoms with van der Waals surface area (Å²) in [5, 5.41) is 5.66. The third-order valence-corrected chi connectivity index (χ3v) is 7.87. The highest BCUT2D eigenvalue weighted by molar-refractivity contribution is 6.35. The molecule has 6 nitrogen and oxygen atoms in total. The summed E-state index contributed by atoms with van der Waals surface area (Å²) in [5.74, 6) is 1.52. The first-order chi connectivity index (χ1) is 17.9. The largest absolute Gasteiger partial charge is 0.496 e. The Labute approximate surface area is 226 Å². The van der Waals surface area contributed by atoms with Crippen LogP contribution in [0.15, 0.2) is 65.3 Å². The molecule has 0 N–H and O–H groups in total. The number of aryl methyl sites for hydroxylation is 1. The number of anilines is 2. The van der Waals surface area contributed by atoms with Crippen LogP contribution in [0.2, 0.25) is 10.0 Å². The molecular formula is C29H28Cl2N4O2. The molecule has 37 heavy (non-hydrogen) atoms. The summed E-state index contributed by atoms with van der Waals surface area (Å²) in [6.45, 7) is 5.88. The highest BCUT2D eigenvalue weighted by Gasteiger charge is 2.47. The molecule has 0 atom stereocenters. The van der Waals surface area contributed by atoms with Crippen molar-refractivity contribution in [2.24, 2.45) is 5.41 Å². The zero-order valence-corrected chi connectivity index (χ0v) is 22.4. The van der Waals surface area contributed by atoms with Crippen molar-refractivity contribution in [3.05, 3.63) is 76.5 Å². The maximum absolute atomic E-state index is 6.36. The SMILES string of the molecule is COc1ccccc1-c1c(-c2cc(Cl)cc(Cl)c2)noc1N1CCCC2(CN(c3ccnc(C)c3)C2)C1. The smallest absolute Gasteiger partial charge is 0.235 e. The predicted octanol–water partition coefficient (Wildman–Crippen LogP) is 7.13. The van der Waals surface area contributed by atoms with Gasteiger partial charge in [0, 0.05) is 70.3 Å². The highest BCUT2D eigenvalue weighted by atomic mass is 35.5. The Bertz CT molecular complexity index is 1430.